The van der Waals surface area contributed by atoms with E-state index in [1.54, 1.807) is 0 Å². The molecule has 0 spiro atoms. The first kappa shape index (κ1) is 13.9. The average molecular weight is 252 g/mol. The SMILES string of the molecule is CCOCCCNc1c(C)cccc1C(N)=S. The fourth-order valence-corrected chi connectivity index (χ4v) is 1.81. The Hall–Kier alpha value is -1.13. The highest BCUT2D eigenvalue weighted by atomic mass is 32.1. The molecule has 1 aromatic rings. The first-order valence-corrected chi connectivity index (χ1v) is 6.28. The summed E-state index contributed by atoms with van der Waals surface area (Å²) in [4.78, 5) is 0.431. The topological polar surface area (TPSA) is 47.3 Å². The molecule has 0 saturated carbocycles. The number of rotatable bonds is 7. The second-order valence-electron chi connectivity index (χ2n) is 3.84. The minimum Gasteiger partial charge on any atom is -0.389 e. The maximum Gasteiger partial charge on any atom is 0.106 e. The van der Waals surface area contributed by atoms with Gasteiger partial charge in [-0.05, 0) is 31.9 Å². The van der Waals surface area contributed by atoms with Crippen molar-refractivity contribution in [3.8, 4) is 0 Å². The van der Waals surface area contributed by atoms with Crippen molar-refractivity contribution in [2.24, 2.45) is 5.73 Å². The van der Waals surface area contributed by atoms with Crippen LogP contribution in [0.25, 0.3) is 0 Å². The molecular formula is C13H20N2OS. The predicted molar refractivity (Wildman–Crippen MR) is 76.7 cm³/mol. The normalized spacial score (nSPS) is 10.2. The van der Waals surface area contributed by atoms with Crippen LogP contribution in [0.3, 0.4) is 0 Å². The summed E-state index contributed by atoms with van der Waals surface area (Å²) in [6.45, 7) is 6.45. The molecule has 0 atom stereocenters. The second kappa shape index (κ2) is 7.25. The summed E-state index contributed by atoms with van der Waals surface area (Å²) in [7, 11) is 0. The van der Waals surface area contributed by atoms with Gasteiger partial charge in [0.2, 0.25) is 0 Å². The summed E-state index contributed by atoms with van der Waals surface area (Å²) in [6.07, 6.45) is 0.971. The van der Waals surface area contributed by atoms with E-state index in [0.29, 0.717) is 4.99 Å². The highest BCUT2D eigenvalue weighted by molar-refractivity contribution is 7.80. The van der Waals surface area contributed by atoms with Crippen LogP contribution in [0.5, 0.6) is 0 Å². The Morgan fingerprint density at radius 3 is 2.88 bits per heavy atom. The van der Waals surface area contributed by atoms with Gasteiger partial charge in [-0.15, -0.1) is 0 Å². The Bertz CT molecular complexity index is 380. The molecule has 0 fully saturated rings. The second-order valence-corrected chi connectivity index (χ2v) is 4.28. The third kappa shape index (κ3) is 4.32. The van der Waals surface area contributed by atoms with E-state index < -0.39 is 0 Å². The third-order valence-electron chi connectivity index (χ3n) is 2.51. The summed E-state index contributed by atoms with van der Waals surface area (Å²) in [6, 6.07) is 5.96. The molecule has 0 heterocycles. The molecule has 0 aromatic heterocycles. The van der Waals surface area contributed by atoms with E-state index >= 15 is 0 Å². The number of benzene rings is 1. The Kier molecular flexibility index (Phi) is 5.94. The standard InChI is InChI=1S/C13H20N2OS/c1-3-16-9-5-8-15-12-10(2)6-4-7-11(12)13(14)17/h4,6-7,15H,3,5,8-9H2,1-2H3,(H2,14,17). The van der Waals surface area contributed by atoms with Crippen molar-refractivity contribution in [1.82, 2.24) is 0 Å². The fraction of sp³-hybridized carbons (Fsp3) is 0.462. The molecule has 0 radical (unpaired) electrons. The lowest BCUT2D eigenvalue weighted by molar-refractivity contribution is 0.147. The van der Waals surface area contributed by atoms with Gasteiger partial charge in [0.05, 0.1) is 0 Å². The van der Waals surface area contributed by atoms with E-state index in [4.69, 9.17) is 22.7 Å². The smallest absolute Gasteiger partial charge is 0.106 e. The minimum atomic E-state index is 0.431. The van der Waals surface area contributed by atoms with Crippen molar-refractivity contribution < 1.29 is 4.74 Å². The highest BCUT2D eigenvalue weighted by Gasteiger charge is 2.06. The molecule has 0 bridgehead atoms. The number of hydrogen-bond donors (Lipinski definition) is 2. The van der Waals surface area contributed by atoms with Gasteiger partial charge >= 0.3 is 0 Å². The molecule has 0 unspecified atom stereocenters. The number of hydrogen-bond acceptors (Lipinski definition) is 3. The molecule has 0 amide bonds. The van der Waals surface area contributed by atoms with Crippen LogP contribution in [0, 0.1) is 6.92 Å². The molecule has 3 nitrogen and oxygen atoms in total. The maximum atomic E-state index is 5.70. The molecule has 0 aliphatic carbocycles. The van der Waals surface area contributed by atoms with Crippen LogP contribution in [0.4, 0.5) is 5.69 Å². The number of thiocarbonyl (C=S) groups is 1. The van der Waals surface area contributed by atoms with Gasteiger partial charge in [-0.3, -0.25) is 0 Å². The van der Waals surface area contributed by atoms with Gasteiger partial charge in [0.25, 0.3) is 0 Å². The van der Waals surface area contributed by atoms with Crippen LogP contribution in [0.15, 0.2) is 18.2 Å². The summed E-state index contributed by atoms with van der Waals surface area (Å²) < 4.78 is 5.29. The molecule has 1 rings (SSSR count). The van der Waals surface area contributed by atoms with Crippen LogP contribution < -0.4 is 11.1 Å². The van der Waals surface area contributed by atoms with E-state index in [9.17, 15) is 0 Å². The Balaban J connectivity index is 2.60. The number of para-hydroxylation sites is 1. The van der Waals surface area contributed by atoms with Crippen molar-refractivity contribution in [3.05, 3.63) is 29.3 Å². The Labute approximate surface area is 108 Å². The molecule has 4 heteroatoms. The first-order valence-electron chi connectivity index (χ1n) is 5.87. The van der Waals surface area contributed by atoms with Gasteiger partial charge in [0.15, 0.2) is 0 Å². The highest BCUT2D eigenvalue weighted by Crippen LogP contribution is 2.20. The monoisotopic (exact) mass is 252 g/mol. The van der Waals surface area contributed by atoms with E-state index in [1.807, 2.05) is 32.0 Å². The summed E-state index contributed by atoms with van der Waals surface area (Å²) >= 11 is 5.04. The van der Waals surface area contributed by atoms with Crippen molar-refractivity contribution in [3.63, 3.8) is 0 Å². The lowest BCUT2D eigenvalue weighted by Gasteiger charge is -2.14. The molecule has 0 saturated heterocycles. The quantitative estimate of drug-likeness (QED) is 0.578. The fourth-order valence-electron chi connectivity index (χ4n) is 1.64. The number of nitrogens with two attached hydrogens (primary N) is 1. The van der Waals surface area contributed by atoms with Crippen LogP contribution in [-0.4, -0.2) is 24.7 Å². The number of nitrogens with one attached hydrogen (secondary N) is 1. The van der Waals surface area contributed by atoms with Crippen LogP contribution in [-0.2, 0) is 4.74 Å². The molecule has 94 valence electrons. The zero-order chi connectivity index (χ0) is 12.7. The van der Waals surface area contributed by atoms with Gasteiger partial charge in [-0.25, -0.2) is 0 Å². The Morgan fingerprint density at radius 2 is 2.24 bits per heavy atom. The van der Waals surface area contributed by atoms with Gasteiger partial charge in [-0.2, -0.15) is 0 Å². The average Bonchev–Trinajstić information content (AvgIpc) is 2.30. The van der Waals surface area contributed by atoms with Crippen molar-refractivity contribution in [2.45, 2.75) is 20.3 Å². The molecule has 0 aliphatic rings. The summed E-state index contributed by atoms with van der Waals surface area (Å²) in [5, 5.41) is 3.37. The number of ether oxygens (including phenoxy) is 1. The van der Waals surface area contributed by atoms with E-state index in [2.05, 4.69) is 5.32 Å². The molecule has 1 aromatic carbocycles. The maximum absolute atomic E-state index is 5.70. The lowest BCUT2D eigenvalue weighted by atomic mass is 10.1. The summed E-state index contributed by atoms with van der Waals surface area (Å²) in [5.74, 6) is 0. The van der Waals surface area contributed by atoms with E-state index in [-0.39, 0.29) is 0 Å². The van der Waals surface area contributed by atoms with Gasteiger partial charge < -0.3 is 15.8 Å². The van der Waals surface area contributed by atoms with Gasteiger partial charge in [-0.1, -0.05) is 24.4 Å². The summed E-state index contributed by atoms with van der Waals surface area (Å²) in [5.41, 5.74) is 8.81. The van der Waals surface area contributed by atoms with Crippen LogP contribution in [0.1, 0.15) is 24.5 Å². The Morgan fingerprint density at radius 1 is 1.47 bits per heavy atom. The van der Waals surface area contributed by atoms with Crippen LogP contribution >= 0.6 is 12.2 Å². The van der Waals surface area contributed by atoms with E-state index in [1.165, 1.54) is 0 Å². The van der Waals surface area contributed by atoms with E-state index in [0.717, 1.165) is 43.0 Å². The predicted octanol–water partition coefficient (Wildman–Crippen LogP) is 2.47. The molecule has 0 aliphatic heterocycles. The molecule has 17 heavy (non-hydrogen) atoms. The zero-order valence-corrected chi connectivity index (χ0v) is 11.3. The molecular weight excluding hydrogens is 232 g/mol. The van der Waals surface area contributed by atoms with Crippen molar-refractivity contribution in [2.75, 3.05) is 25.1 Å². The lowest BCUT2D eigenvalue weighted by Crippen LogP contribution is -2.15. The van der Waals surface area contributed by atoms with Crippen LogP contribution in [0.2, 0.25) is 0 Å². The van der Waals surface area contributed by atoms with Crippen molar-refractivity contribution in [1.29, 1.82) is 0 Å². The number of aryl methyl sites for hydroxylation is 1. The van der Waals surface area contributed by atoms with Crippen molar-refractivity contribution >= 4 is 22.9 Å². The minimum absolute atomic E-state index is 0.431. The third-order valence-corrected chi connectivity index (χ3v) is 2.73. The first-order chi connectivity index (χ1) is 8.16. The van der Waals surface area contributed by atoms with Gasteiger partial charge in [0, 0.05) is 31.0 Å². The zero-order valence-electron chi connectivity index (χ0n) is 10.5. The number of anilines is 1. The molecule has 3 N–H and O–H groups in total. The largest absolute Gasteiger partial charge is 0.389 e. The van der Waals surface area contributed by atoms with Gasteiger partial charge in [0.1, 0.15) is 4.99 Å².